The number of nitrogens with one attached hydrogen (secondary N) is 1. The molecule has 0 saturated carbocycles. The van der Waals surface area contributed by atoms with Crippen LogP contribution in [0.15, 0.2) is 36.4 Å². The number of amides is 1. The van der Waals surface area contributed by atoms with Crippen molar-refractivity contribution >= 4 is 34.6 Å². The maximum absolute atomic E-state index is 12.5. The molecule has 1 fully saturated rings. The van der Waals surface area contributed by atoms with E-state index < -0.39 is 0 Å². The number of nitrogens with two attached hydrogens (primary N) is 1. The number of rotatable bonds is 4. The number of carbonyl (C=O) groups is 1. The Hall–Kier alpha value is -2.24. The van der Waals surface area contributed by atoms with Crippen molar-refractivity contribution in [3.05, 3.63) is 52.5 Å². The quantitative estimate of drug-likeness (QED) is 0.804. The molecule has 1 saturated heterocycles. The monoisotopic (exact) mass is 372 g/mol. The molecule has 6 heteroatoms. The third-order valence-electron chi connectivity index (χ3n) is 4.84. The second-order valence-corrected chi connectivity index (χ2v) is 7.04. The molecule has 0 spiro atoms. The van der Waals surface area contributed by atoms with Gasteiger partial charge < -0.3 is 20.9 Å². The minimum atomic E-state index is -0.182. The van der Waals surface area contributed by atoms with Gasteiger partial charge in [-0.05, 0) is 37.7 Å². The van der Waals surface area contributed by atoms with E-state index in [1.54, 1.807) is 18.2 Å². The Kier molecular flexibility index (Phi) is 5.69. The van der Waals surface area contributed by atoms with Crippen molar-refractivity contribution in [3.63, 3.8) is 0 Å². The van der Waals surface area contributed by atoms with Gasteiger partial charge in [-0.2, -0.15) is 0 Å². The van der Waals surface area contributed by atoms with Gasteiger partial charge in [0.25, 0.3) is 5.91 Å². The predicted octanol–water partition coefficient (Wildman–Crippen LogP) is 3.62. The first-order valence-electron chi connectivity index (χ1n) is 8.92. The molecule has 0 unspecified atom stereocenters. The highest BCUT2D eigenvalue weighted by molar-refractivity contribution is 6.34. The summed E-state index contributed by atoms with van der Waals surface area (Å²) in [5.74, 6) is -0.182. The fraction of sp³-hybridized carbons (Fsp3) is 0.350. The van der Waals surface area contributed by atoms with Crippen LogP contribution in [-0.4, -0.2) is 43.5 Å². The minimum Gasteiger partial charge on any atom is -0.397 e. The Morgan fingerprint density at radius 1 is 1.15 bits per heavy atom. The van der Waals surface area contributed by atoms with Gasteiger partial charge in [0, 0.05) is 31.7 Å². The number of piperazine rings is 1. The summed E-state index contributed by atoms with van der Waals surface area (Å²) >= 11 is 6.32. The number of halogens is 1. The number of anilines is 3. The zero-order valence-electron chi connectivity index (χ0n) is 15.3. The van der Waals surface area contributed by atoms with Gasteiger partial charge in [-0.25, -0.2) is 0 Å². The summed E-state index contributed by atoms with van der Waals surface area (Å²) < 4.78 is 0. The molecule has 138 valence electrons. The normalized spacial score (nSPS) is 15.1. The minimum absolute atomic E-state index is 0.182. The zero-order valence-corrected chi connectivity index (χ0v) is 16.0. The molecule has 2 aromatic carbocycles. The Morgan fingerprint density at radius 2 is 1.81 bits per heavy atom. The Balaban J connectivity index is 1.79. The second-order valence-electron chi connectivity index (χ2n) is 6.63. The molecule has 5 nitrogen and oxygen atoms in total. The van der Waals surface area contributed by atoms with Crippen LogP contribution in [-0.2, 0) is 0 Å². The van der Waals surface area contributed by atoms with Gasteiger partial charge in [-0.15, -0.1) is 0 Å². The molecule has 3 N–H and O–H groups in total. The van der Waals surface area contributed by atoms with Crippen molar-refractivity contribution in [2.24, 2.45) is 0 Å². The Bertz CT molecular complexity index is 783. The predicted molar refractivity (Wildman–Crippen MR) is 109 cm³/mol. The lowest BCUT2D eigenvalue weighted by molar-refractivity contribution is 0.102. The number of carbonyl (C=O) groups excluding carboxylic acids is 1. The third-order valence-corrected chi connectivity index (χ3v) is 5.15. The smallest absolute Gasteiger partial charge is 0.255 e. The van der Waals surface area contributed by atoms with Crippen LogP contribution in [0, 0.1) is 6.92 Å². The number of nitrogens with zero attached hydrogens (tertiary/aromatic N) is 2. The Morgan fingerprint density at radius 3 is 2.42 bits per heavy atom. The van der Waals surface area contributed by atoms with E-state index in [4.69, 9.17) is 17.3 Å². The highest BCUT2D eigenvalue weighted by atomic mass is 35.5. The van der Waals surface area contributed by atoms with Crippen molar-refractivity contribution in [3.8, 4) is 0 Å². The summed E-state index contributed by atoms with van der Waals surface area (Å²) in [4.78, 5) is 17.2. The van der Waals surface area contributed by atoms with Crippen molar-refractivity contribution in [2.75, 3.05) is 48.7 Å². The number of aryl methyl sites for hydroxylation is 1. The second kappa shape index (κ2) is 7.98. The number of hydrogen-bond donors (Lipinski definition) is 2. The fourth-order valence-corrected chi connectivity index (χ4v) is 3.37. The van der Waals surface area contributed by atoms with Crippen LogP contribution >= 0.6 is 11.6 Å². The summed E-state index contributed by atoms with van der Waals surface area (Å²) in [5, 5.41) is 3.35. The highest BCUT2D eigenvalue weighted by Gasteiger charge is 2.19. The SMILES string of the molecule is CCN1CCN(c2cc(NC(=O)c3ccc(C)cc3)c(Cl)cc2N)CC1. The van der Waals surface area contributed by atoms with Crippen molar-refractivity contribution in [1.29, 1.82) is 0 Å². The third kappa shape index (κ3) is 4.11. The Labute approximate surface area is 159 Å². The van der Waals surface area contributed by atoms with Gasteiger partial charge in [0.1, 0.15) is 0 Å². The molecule has 1 aliphatic rings. The largest absolute Gasteiger partial charge is 0.397 e. The molecule has 0 atom stereocenters. The van der Waals surface area contributed by atoms with E-state index in [1.807, 2.05) is 25.1 Å². The fourth-order valence-electron chi connectivity index (χ4n) is 3.15. The zero-order chi connectivity index (χ0) is 18.7. The molecule has 0 bridgehead atoms. The van der Waals surface area contributed by atoms with Crippen LogP contribution in [0.2, 0.25) is 5.02 Å². The van der Waals surface area contributed by atoms with E-state index in [9.17, 15) is 4.79 Å². The first-order valence-corrected chi connectivity index (χ1v) is 9.30. The summed E-state index contributed by atoms with van der Waals surface area (Å²) in [6.07, 6.45) is 0. The van der Waals surface area contributed by atoms with Crippen molar-refractivity contribution in [1.82, 2.24) is 4.90 Å². The standard InChI is InChI=1S/C20H25ClN4O/c1-3-24-8-10-25(11-9-24)19-13-18(16(21)12-17(19)22)23-20(26)15-6-4-14(2)5-7-15/h4-7,12-13H,3,8-11,22H2,1-2H3,(H,23,26). The maximum Gasteiger partial charge on any atom is 0.255 e. The van der Waals surface area contributed by atoms with Crippen molar-refractivity contribution in [2.45, 2.75) is 13.8 Å². The van der Waals surface area contributed by atoms with Crippen LogP contribution in [0.1, 0.15) is 22.8 Å². The van der Waals surface area contributed by atoms with Gasteiger partial charge in [-0.1, -0.05) is 36.2 Å². The molecule has 1 heterocycles. The van der Waals surface area contributed by atoms with Crippen LogP contribution in [0.3, 0.4) is 0 Å². The van der Waals surface area contributed by atoms with Crippen LogP contribution < -0.4 is 16.0 Å². The lowest BCUT2D eigenvalue weighted by Crippen LogP contribution is -2.46. The lowest BCUT2D eigenvalue weighted by atomic mass is 10.1. The van der Waals surface area contributed by atoms with E-state index in [2.05, 4.69) is 22.0 Å². The van der Waals surface area contributed by atoms with Gasteiger partial charge in [0.05, 0.1) is 22.1 Å². The van der Waals surface area contributed by atoms with Gasteiger partial charge in [-0.3, -0.25) is 4.79 Å². The number of likely N-dealkylation sites (N-methyl/N-ethyl adjacent to an activating group) is 1. The summed E-state index contributed by atoms with van der Waals surface area (Å²) in [6, 6.07) is 11.0. The average molecular weight is 373 g/mol. The van der Waals surface area contributed by atoms with Crippen LogP contribution in [0.25, 0.3) is 0 Å². The molecular formula is C20H25ClN4O. The van der Waals surface area contributed by atoms with E-state index in [-0.39, 0.29) is 5.91 Å². The maximum atomic E-state index is 12.5. The molecule has 0 radical (unpaired) electrons. The van der Waals surface area contributed by atoms with Crippen LogP contribution in [0.5, 0.6) is 0 Å². The van der Waals surface area contributed by atoms with E-state index in [1.165, 1.54) is 0 Å². The summed E-state index contributed by atoms with van der Waals surface area (Å²) in [6.45, 7) is 9.04. The molecule has 26 heavy (non-hydrogen) atoms. The summed E-state index contributed by atoms with van der Waals surface area (Å²) in [7, 11) is 0. The molecule has 1 aliphatic heterocycles. The lowest BCUT2D eigenvalue weighted by Gasteiger charge is -2.36. The van der Waals surface area contributed by atoms with E-state index in [0.29, 0.717) is 22.0 Å². The summed E-state index contributed by atoms with van der Waals surface area (Å²) in [5.41, 5.74) is 10.0. The number of benzene rings is 2. The molecule has 1 amide bonds. The first kappa shape index (κ1) is 18.5. The molecule has 3 rings (SSSR count). The topological polar surface area (TPSA) is 61.6 Å². The number of nitrogen functional groups attached to an aromatic ring is 1. The first-order chi connectivity index (χ1) is 12.5. The number of hydrogen-bond acceptors (Lipinski definition) is 4. The van der Waals surface area contributed by atoms with Crippen molar-refractivity contribution < 1.29 is 4.79 Å². The van der Waals surface area contributed by atoms with Gasteiger partial charge in [0.15, 0.2) is 0 Å². The molecular weight excluding hydrogens is 348 g/mol. The molecule has 2 aromatic rings. The van der Waals surface area contributed by atoms with E-state index in [0.717, 1.165) is 44.0 Å². The highest BCUT2D eigenvalue weighted by Crippen LogP contribution is 2.34. The van der Waals surface area contributed by atoms with E-state index >= 15 is 0 Å². The van der Waals surface area contributed by atoms with Gasteiger partial charge in [0.2, 0.25) is 0 Å². The van der Waals surface area contributed by atoms with Gasteiger partial charge >= 0.3 is 0 Å². The molecule has 0 aromatic heterocycles. The van der Waals surface area contributed by atoms with Crippen LogP contribution in [0.4, 0.5) is 17.1 Å². The average Bonchev–Trinajstić information content (AvgIpc) is 2.64. The molecule has 0 aliphatic carbocycles.